The molecule has 0 radical (unpaired) electrons. The second-order valence-corrected chi connectivity index (χ2v) is 7.58. The van der Waals surface area contributed by atoms with E-state index in [-0.39, 0.29) is 24.1 Å². The van der Waals surface area contributed by atoms with Crippen LogP contribution in [0.15, 0.2) is 65.5 Å². The van der Waals surface area contributed by atoms with E-state index in [0.717, 1.165) is 5.56 Å². The molecule has 0 unspecified atom stereocenters. The molecule has 1 aromatic heterocycles. The van der Waals surface area contributed by atoms with Crippen LogP contribution in [0, 0.1) is 25.2 Å². The Hall–Kier alpha value is -4.18. The predicted molar refractivity (Wildman–Crippen MR) is 122 cm³/mol. The molecule has 0 spiro atoms. The average Bonchev–Trinajstić information content (AvgIpc) is 2.78. The molecule has 32 heavy (non-hydrogen) atoms. The van der Waals surface area contributed by atoms with Crippen LogP contribution >= 0.6 is 0 Å². The van der Waals surface area contributed by atoms with Gasteiger partial charge in [-0.05, 0) is 62.2 Å². The summed E-state index contributed by atoms with van der Waals surface area (Å²) in [4.78, 5) is 37.4. The van der Waals surface area contributed by atoms with Crippen molar-refractivity contribution in [3.8, 4) is 6.07 Å². The summed E-state index contributed by atoms with van der Waals surface area (Å²) in [7, 11) is 0. The third-order valence-electron chi connectivity index (χ3n) is 5.20. The van der Waals surface area contributed by atoms with E-state index >= 15 is 0 Å². The minimum atomic E-state index is -0.486. The molecule has 0 aliphatic rings. The molecule has 0 aliphatic heterocycles. The number of aryl methyl sites for hydroxylation is 2. The van der Waals surface area contributed by atoms with Gasteiger partial charge in [-0.15, -0.1) is 0 Å². The first-order chi connectivity index (χ1) is 15.3. The number of carbonyl (C=O) groups is 2. The molecule has 7 nitrogen and oxygen atoms in total. The summed E-state index contributed by atoms with van der Waals surface area (Å²) >= 11 is 0. The molecular weight excluding hydrogens is 404 g/mol. The van der Waals surface area contributed by atoms with Crippen LogP contribution in [0.5, 0.6) is 0 Å². The van der Waals surface area contributed by atoms with Crippen LogP contribution in [0.4, 0.5) is 5.69 Å². The van der Waals surface area contributed by atoms with E-state index in [0.29, 0.717) is 22.5 Å². The number of pyridine rings is 1. The number of nitrogens with one attached hydrogen (secondary N) is 2. The van der Waals surface area contributed by atoms with Crippen molar-refractivity contribution in [1.29, 1.82) is 5.26 Å². The Morgan fingerprint density at radius 1 is 1.06 bits per heavy atom. The normalized spacial score (nSPS) is 11.3. The zero-order chi connectivity index (χ0) is 23.3. The van der Waals surface area contributed by atoms with Crippen molar-refractivity contribution in [3.05, 3.63) is 99.0 Å². The summed E-state index contributed by atoms with van der Waals surface area (Å²) in [5, 5.41) is 14.8. The van der Waals surface area contributed by atoms with Crippen LogP contribution in [-0.4, -0.2) is 16.4 Å². The molecule has 162 valence electrons. The Bertz CT molecular complexity index is 1240. The SMILES string of the molecule is Cc1cc(C)n(CC(=O)Nc2ccc(C(=O)N[C@H](C)c3ccccc3)cc2)c(=O)c1C#N. The fourth-order valence-corrected chi connectivity index (χ4v) is 3.41. The minimum Gasteiger partial charge on any atom is -0.346 e. The van der Waals surface area contributed by atoms with Crippen LogP contribution in [-0.2, 0) is 11.3 Å². The topological polar surface area (TPSA) is 104 Å². The number of aromatic nitrogens is 1. The van der Waals surface area contributed by atoms with Gasteiger partial charge in [-0.2, -0.15) is 5.26 Å². The summed E-state index contributed by atoms with van der Waals surface area (Å²) in [6, 6.07) is 19.6. The average molecular weight is 428 g/mol. The monoisotopic (exact) mass is 428 g/mol. The molecule has 0 saturated carbocycles. The predicted octanol–water partition coefficient (Wildman–Crippen LogP) is 3.47. The Balaban J connectivity index is 1.65. The first-order valence-corrected chi connectivity index (χ1v) is 10.2. The third kappa shape index (κ3) is 5.10. The van der Waals surface area contributed by atoms with E-state index in [9.17, 15) is 19.6 Å². The number of nitriles is 1. The number of anilines is 1. The van der Waals surface area contributed by atoms with Gasteiger partial charge < -0.3 is 15.2 Å². The molecule has 0 aliphatic carbocycles. The highest BCUT2D eigenvalue weighted by molar-refractivity contribution is 5.96. The fourth-order valence-electron chi connectivity index (χ4n) is 3.41. The van der Waals surface area contributed by atoms with Gasteiger partial charge in [0.2, 0.25) is 5.91 Å². The lowest BCUT2D eigenvalue weighted by Gasteiger charge is -2.15. The van der Waals surface area contributed by atoms with Crippen LogP contribution < -0.4 is 16.2 Å². The molecule has 2 N–H and O–H groups in total. The lowest BCUT2D eigenvalue weighted by molar-refractivity contribution is -0.116. The highest BCUT2D eigenvalue weighted by Crippen LogP contribution is 2.14. The van der Waals surface area contributed by atoms with Crippen LogP contribution in [0.25, 0.3) is 0 Å². The zero-order valence-corrected chi connectivity index (χ0v) is 18.2. The van der Waals surface area contributed by atoms with Gasteiger partial charge in [0.15, 0.2) is 0 Å². The van der Waals surface area contributed by atoms with Crippen LogP contribution in [0.2, 0.25) is 0 Å². The fraction of sp³-hybridized carbons (Fsp3) is 0.200. The lowest BCUT2D eigenvalue weighted by atomic mass is 10.1. The van der Waals surface area contributed by atoms with Crippen molar-refractivity contribution in [2.24, 2.45) is 0 Å². The van der Waals surface area contributed by atoms with E-state index in [1.165, 1.54) is 4.57 Å². The molecule has 0 saturated heterocycles. The number of amides is 2. The van der Waals surface area contributed by atoms with Gasteiger partial charge in [0, 0.05) is 16.9 Å². The number of nitrogens with zero attached hydrogens (tertiary/aromatic N) is 2. The number of hydrogen-bond acceptors (Lipinski definition) is 4. The molecule has 3 rings (SSSR count). The maximum Gasteiger partial charge on any atom is 0.269 e. The Morgan fingerprint density at radius 3 is 2.34 bits per heavy atom. The molecule has 3 aromatic rings. The zero-order valence-electron chi connectivity index (χ0n) is 18.2. The number of rotatable bonds is 6. The highest BCUT2D eigenvalue weighted by atomic mass is 16.2. The largest absolute Gasteiger partial charge is 0.346 e. The second-order valence-electron chi connectivity index (χ2n) is 7.58. The van der Waals surface area contributed by atoms with Gasteiger partial charge >= 0.3 is 0 Å². The summed E-state index contributed by atoms with van der Waals surface area (Å²) < 4.78 is 1.27. The smallest absolute Gasteiger partial charge is 0.269 e. The molecule has 7 heteroatoms. The summed E-state index contributed by atoms with van der Waals surface area (Å²) in [5.74, 6) is -0.622. The van der Waals surface area contributed by atoms with Gasteiger partial charge in [0.05, 0.1) is 6.04 Å². The van der Waals surface area contributed by atoms with Gasteiger partial charge in [0.25, 0.3) is 11.5 Å². The molecule has 2 aromatic carbocycles. The highest BCUT2D eigenvalue weighted by Gasteiger charge is 2.14. The van der Waals surface area contributed by atoms with Crippen molar-refractivity contribution in [3.63, 3.8) is 0 Å². The molecule has 2 amide bonds. The van der Waals surface area contributed by atoms with E-state index in [2.05, 4.69) is 10.6 Å². The molecule has 1 heterocycles. The van der Waals surface area contributed by atoms with Crippen LogP contribution in [0.1, 0.15) is 45.7 Å². The van der Waals surface area contributed by atoms with Crippen molar-refractivity contribution in [2.45, 2.75) is 33.4 Å². The molecular formula is C25H24N4O3. The number of hydrogen-bond donors (Lipinski definition) is 2. The Morgan fingerprint density at radius 2 is 1.72 bits per heavy atom. The molecule has 0 fully saturated rings. The number of carbonyl (C=O) groups excluding carboxylic acids is 2. The Labute approximate surface area is 186 Å². The molecule has 1 atom stereocenters. The first kappa shape index (κ1) is 22.5. The van der Waals surface area contributed by atoms with E-state index in [1.54, 1.807) is 44.2 Å². The van der Waals surface area contributed by atoms with E-state index < -0.39 is 11.5 Å². The van der Waals surface area contributed by atoms with Crippen molar-refractivity contribution in [2.75, 3.05) is 5.32 Å². The van der Waals surface area contributed by atoms with Crippen molar-refractivity contribution in [1.82, 2.24) is 9.88 Å². The van der Waals surface area contributed by atoms with Gasteiger partial charge in [-0.3, -0.25) is 14.4 Å². The number of benzene rings is 2. The molecule has 0 bridgehead atoms. The van der Waals surface area contributed by atoms with E-state index in [1.807, 2.05) is 43.3 Å². The standard InChI is InChI=1S/C25H24N4O3/c1-16-13-17(2)29(25(32)22(16)14-26)15-23(30)28-21-11-9-20(10-12-21)24(31)27-18(3)19-7-5-4-6-8-19/h4-13,18H,15H2,1-3H3,(H,27,31)(H,28,30)/t18-/m1/s1. The Kier molecular flexibility index (Phi) is 6.86. The maximum absolute atomic E-state index is 12.5. The van der Waals surface area contributed by atoms with Crippen molar-refractivity contribution < 1.29 is 9.59 Å². The third-order valence-corrected chi connectivity index (χ3v) is 5.20. The lowest BCUT2D eigenvalue weighted by Crippen LogP contribution is -2.31. The van der Waals surface area contributed by atoms with Gasteiger partial charge in [-0.25, -0.2) is 0 Å². The van der Waals surface area contributed by atoms with Crippen molar-refractivity contribution >= 4 is 17.5 Å². The quantitative estimate of drug-likeness (QED) is 0.627. The summed E-state index contributed by atoms with van der Waals surface area (Å²) in [6.45, 7) is 5.10. The van der Waals surface area contributed by atoms with Gasteiger partial charge in [-0.1, -0.05) is 30.3 Å². The second kappa shape index (κ2) is 9.75. The maximum atomic E-state index is 12.5. The van der Waals surface area contributed by atoms with Gasteiger partial charge in [0.1, 0.15) is 18.2 Å². The minimum absolute atomic E-state index is 0.0310. The summed E-state index contributed by atoms with van der Waals surface area (Å²) in [5.41, 5.74) is 2.70. The summed E-state index contributed by atoms with van der Waals surface area (Å²) in [6.07, 6.45) is 0. The first-order valence-electron chi connectivity index (χ1n) is 10.2. The van der Waals surface area contributed by atoms with E-state index in [4.69, 9.17) is 0 Å². The van der Waals surface area contributed by atoms with Crippen LogP contribution in [0.3, 0.4) is 0 Å².